The van der Waals surface area contributed by atoms with E-state index in [2.05, 4.69) is 0 Å². The van der Waals surface area contributed by atoms with Crippen molar-refractivity contribution in [3.63, 3.8) is 0 Å². The number of hydrogen-bond acceptors (Lipinski definition) is 5. The average Bonchev–Trinajstić information content (AvgIpc) is 2.34. The standard InChI is InChI=1S/C12H12N2O4/c13-9-3-1-8(2-4-9)12(17)18-14-7-10(15)5-6-11(14)16/h1-4H,5-7,13H2. The van der Waals surface area contributed by atoms with Crippen molar-refractivity contribution in [2.75, 3.05) is 12.3 Å². The van der Waals surface area contributed by atoms with E-state index in [1.807, 2.05) is 0 Å². The molecule has 2 rings (SSSR count). The number of anilines is 1. The first-order valence-corrected chi connectivity index (χ1v) is 5.46. The van der Waals surface area contributed by atoms with Crippen LogP contribution in [0.5, 0.6) is 0 Å². The highest BCUT2D eigenvalue weighted by Crippen LogP contribution is 2.12. The van der Waals surface area contributed by atoms with Crippen molar-refractivity contribution in [3.05, 3.63) is 29.8 Å². The Morgan fingerprint density at radius 2 is 1.83 bits per heavy atom. The first kappa shape index (κ1) is 12.1. The normalized spacial score (nSPS) is 15.7. The molecule has 1 aromatic rings. The average molecular weight is 248 g/mol. The maximum Gasteiger partial charge on any atom is 0.363 e. The Bertz CT molecular complexity index is 495. The van der Waals surface area contributed by atoms with Gasteiger partial charge in [0.15, 0.2) is 5.78 Å². The molecule has 0 spiro atoms. The van der Waals surface area contributed by atoms with Crippen molar-refractivity contribution < 1.29 is 19.2 Å². The predicted molar refractivity (Wildman–Crippen MR) is 62.2 cm³/mol. The molecule has 6 nitrogen and oxygen atoms in total. The number of hydrogen-bond donors (Lipinski definition) is 1. The Labute approximate surface area is 103 Å². The molecule has 0 radical (unpaired) electrons. The molecule has 0 aliphatic carbocycles. The van der Waals surface area contributed by atoms with Crippen molar-refractivity contribution >= 4 is 23.3 Å². The third-order valence-electron chi connectivity index (χ3n) is 2.56. The minimum atomic E-state index is -0.682. The van der Waals surface area contributed by atoms with Crippen molar-refractivity contribution in [2.24, 2.45) is 0 Å². The van der Waals surface area contributed by atoms with Gasteiger partial charge in [0.05, 0.1) is 5.56 Å². The molecule has 0 bridgehead atoms. The third kappa shape index (κ3) is 2.65. The molecular weight excluding hydrogens is 236 g/mol. The van der Waals surface area contributed by atoms with Gasteiger partial charge in [-0.05, 0) is 24.3 Å². The number of nitrogen functional groups attached to an aromatic ring is 1. The van der Waals surface area contributed by atoms with Gasteiger partial charge >= 0.3 is 5.97 Å². The molecular formula is C12H12N2O4. The van der Waals surface area contributed by atoms with Crippen molar-refractivity contribution in [1.29, 1.82) is 0 Å². The van der Waals surface area contributed by atoms with Gasteiger partial charge in [0, 0.05) is 18.5 Å². The van der Waals surface area contributed by atoms with Crippen molar-refractivity contribution in [2.45, 2.75) is 12.8 Å². The molecule has 1 fully saturated rings. The van der Waals surface area contributed by atoms with Crippen LogP contribution in [0.4, 0.5) is 5.69 Å². The van der Waals surface area contributed by atoms with Crippen LogP contribution in [0.25, 0.3) is 0 Å². The number of hydroxylamine groups is 2. The van der Waals surface area contributed by atoms with E-state index in [9.17, 15) is 14.4 Å². The minimum absolute atomic E-state index is 0.0772. The largest absolute Gasteiger partial charge is 0.399 e. The number of nitrogens with zero attached hydrogens (tertiary/aromatic N) is 1. The summed E-state index contributed by atoms with van der Waals surface area (Å²) in [4.78, 5) is 39.2. The molecule has 94 valence electrons. The Kier molecular flexibility index (Phi) is 3.27. The number of Topliss-reactive ketones (excluding diaryl/α,β-unsaturated/α-hetero) is 1. The fourth-order valence-corrected chi connectivity index (χ4v) is 1.55. The second-order valence-electron chi connectivity index (χ2n) is 3.97. The Balaban J connectivity index is 2.04. The van der Waals surface area contributed by atoms with E-state index < -0.39 is 5.97 Å². The third-order valence-corrected chi connectivity index (χ3v) is 2.56. The van der Waals surface area contributed by atoms with E-state index in [4.69, 9.17) is 10.6 Å². The summed E-state index contributed by atoms with van der Waals surface area (Å²) in [5.74, 6) is -1.17. The van der Waals surface area contributed by atoms with Crippen LogP contribution >= 0.6 is 0 Å². The van der Waals surface area contributed by atoms with Crippen LogP contribution in [0.2, 0.25) is 0 Å². The van der Waals surface area contributed by atoms with Crippen LogP contribution in [0.3, 0.4) is 0 Å². The minimum Gasteiger partial charge on any atom is -0.399 e. The van der Waals surface area contributed by atoms with Gasteiger partial charge in [0.2, 0.25) is 0 Å². The van der Waals surface area contributed by atoms with Crippen molar-refractivity contribution in [1.82, 2.24) is 5.06 Å². The van der Waals surface area contributed by atoms with Crippen molar-refractivity contribution in [3.8, 4) is 0 Å². The molecule has 1 heterocycles. The summed E-state index contributed by atoms with van der Waals surface area (Å²) >= 11 is 0. The van der Waals surface area contributed by atoms with Gasteiger partial charge in [-0.1, -0.05) is 0 Å². The predicted octanol–water partition coefficient (Wildman–Crippen LogP) is 0.532. The van der Waals surface area contributed by atoms with Crippen LogP contribution in [-0.4, -0.2) is 29.3 Å². The Hall–Kier alpha value is -2.37. The highest BCUT2D eigenvalue weighted by Gasteiger charge is 2.27. The number of carbonyl (C=O) groups is 3. The molecule has 0 saturated carbocycles. The lowest BCUT2D eigenvalue weighted by atomic mass is 10.1. The zero-order valence-electron chi connectivity index (χ0n) is 9.59. The van der Waals surface area contributed by atoms with E-state index in [-0.39, 0.29) is 36.6 Å². The zero-order chi connectivity index (χ0) is 13.1. The SMILES string of the molecule is Nc1ccc(C(=O)ON2CC(=O)CCC2=O)cc1. The molecule has 6 heteroatoms. The molecule has 0 unspecified atom stereocenters. The summed E-state index contributed by atoms with van der Waals surface area (Å²) in [6, 6.07) is 6.10. The lowest BCUT2D eigenvalue weighted by Crippen LogP contribution is -2.41. The summed E-state index contributed by atoms with van der Waals surface area (Å²) in [5.41, 5.74) is 6.29. The van der Waals surface area contributed by atoms with E-state index >= 15 is 0 Å². The van der Waals surface area contributed by atoms with Crippen LogP contribution in [0.15, 0.2) is 24.3 Å². The number of rotatable bonds is 2. The summed E-state index contributed by atoms with van der Waals surface area (Å²) in [6.45, 7) is -0.181. The molecule has 1 amide bonds. The highest BCUT2D eigenvalue weighted by atomic mass is 16.7. The number of benzene rings is 1. The van der Waals surface area contributed by atoms with Gasteiger partial charge in [-0.15, -0.1) is 0 Å². The van der Waals surface area contributed by atoms with Gasteiger partial charge in [0.25, 0.3) is 5.91 Å². The second kappa shape index (κ2) is 4.87. The Morgan fingerprint density at radius 3 is 2.50 bits per heavy atom. The summed E-state index contributed by atoms with van der Waals surface area (Å²) < 4.78 is 0. The quantitative estimate of drug-likeness (QED) is 0.771. The maximum absolute atomic E-state index is 11.7. The summed E-state index contributed by atoms with van der Waals surface area (Å²) in [7, 11) is 0. The Morgan fingerprint density at radius 1 is 1.17 bits per heavy atom. The highest BCUT2D eigenvalue weighted by molar-refractivity contribution is 5.95. The first-order chi connectivity index (χ1) is 8.56. The molecule has 2 N–H and O–H groups in total. The van der Waals surface area contributed by atoms with Crippen LogP contribution in [-0.2, 0) is 14.4 Å². The van der Waals surface area contributed by atoms with Gasteiger partial charge in [0.1, 0.15) is 6.54 Å². The molecule has 1 aliphatic heterocycles. The van der Waals surface area contributed by atoms with E-state index in [1.54, 1.807) is 12.1 Å². The maximum atomic E-state index is 11.7. The molecule has 0 atom stereocenters. The van der Waals surface area contributed by atoms with Crippen LogP contribution < -0.4 is 5.73 Å². The zero-order valence-corrected chi connectivity index (χ0v) is 9.59. The second-order valence-corrected chi connectivity index (χ2v) is 3.97. The van der Waals surface area contributed by atoms with Gasteiger partial charge < -0.3 is 10.6 Å². The number of piperidine rings is 1. The van der Waals surface area contributed by atoms with Crippen LogP contribution in [0, 0.1) is 0 Å². The van der Waals surface area contributed by atoms with E-state index in [0.717, 1.165) is 5.06 Å². The van der Waals surface area contributed by atoms with Gasteiger partial charge in [-0.3, -0.25) is 9.59 Å². The summed E-state index contributed by atoms with van der Waals surface area (Å²) in [5, 5.41) is 0.810. The molecule has 1 aliphatic rings. The molecule has 0 aromatic heterocycles. The summed E-state index contributed by atoms with van der Waals surface area (Å²) in [6.07, 6.45) is 0.280. The molecule has 1 saturated heterocycles. The molecule has 18 heavy (non-hydrogen) atoms. The number of amides is 1. The lowest BCUT2D eigenvalue weighted by molar-refractivity contribution is -0.174. The fourth-order valence-electron chi connectivity index (χ4n) is 1.55. The van der Waals surface area contributed by atoms with Gasteiger partial charge in [-0.25, -0.2) is 4.79 Å². The number of carbonyl (C=O) groups excluding carboxylic acids is 3. The fraction of sp³-hybridized carbons (Fsp3) is 0.250. The number of nitrogens with two attached hydrogens (primary N) is 1. The first-order valence-electron chi connectivity index (χ1n) is 5.46. The topological polar surface area (TPSA) is 89.7 Å². The van der Waals surface area contributed by atoms with E-state index in [1.165, 1.54) is 12.1 Å². The van der Waals surface area contributed by atoms with Gasteiger partial charge in [-0.2, -0.15) is 5.06 Å². The molecule has 1 aromatic carbocycles. The van der Waals surface area contributed by atoms with E-state index in [0.29, 0.717) is 5.69 Å². The number of ketones is 1. The smallest absolute Gasteiger partial charge is 0.363 e. The van der Waals surface area contributed by atoms with Crippen LogP contribution in [0.1, 0.15) is 23.2 Å². The lowest BCUT2D eigenvalue weighted by Gasteiger charge is -2.23. The monoisotopic (exact) mass is 248 g/mol.